The molecule has 7 heteroatoms. The van der Waals surface area contributed by atoms with Gasteiger partial charge in [-0.25, -0.2) is 0 Å². The van der Waals surface area contributed by atoms with Crippen LogP contribution in [0, 0.1) is 11.8 Å². The average molecular weight is 282 g/mol. The molecule has 1 aliphatic carbocycles. The van der Waals surface area contributed by atoms with Gasteiger partial charge in [0.2, 0.25) is 5.91 Å². The summed E-state index contributed by atoms with van der Waals surface area (Å²) < 4.78 is 35.7. The maximum atomic E-state index is 11.9. The Balaban J connectivity index is 1.69. The minimum absolute atomic E-state index is 0.0680. The van der Waals surface area contributed by atoms with E-state index in [1.165, 1.54) is 0 Å². The molecule has 3 nitrogen and oxygen atoms in total. The summed E-state index contributed by atoms with van der Waals surface area (Å²) in [5, 5.41) is 5.76. The van der Waals surface area contributed by atoms with E-state index in [0.29, 0.717) is 11.8 Å². The summed E-state index contributed by atoms with van der Waals surface area (Å²) in [6, 6.07) is -0.201. The second-order valence-corrected chi connectivity index (χ2v) is 5.99. The molecule has 3 atom stereocenters. The van der Waals surface area contributed by atoms with E-state index in [9.17, 15) is 18.0 Å². The normalized spacial score (nSPS) is 31.4. The first kappa shape index (κ1) is 14.0. The fourth-order valence-electron chi connectivity index (χ4n) is 2.93. The van der Waals surface area contributed by atoms with E-state index in [1.54, 1.807) is 0 Å². The van der Waals surface area contributed by atoms with Crippen molar-refractivity contribution >= 4 is 17.7 Å². The topological polar surface area (TPSA) is 41.1 Å². The lowest BCUT2D eigenvalue weighted by Crippen LogP contribution is -2.44. The van der Waals surface area contributed by atoms with Crippen LogP contribution in [-0.2, 0) is 4.79 Å². The van der Waals surface area contributed by atoms with Crippen LogP contribution in [0.25, 0.3) is 0 Å². The number of carbonyl (C=O) groups excluding carboxylic acids is 1. The van der Waals surface area contributed by atoms with Crippen LogP contribution in [0.5, 0.6) is 0 Å². The molecule has 2 fully saturated rings. The zero-order chi connectivity index (χ0) is 13.2. The van der Waals surface area contributed by atoms with Crippen molar-refractivity contribution in [2.45, 2.75) is 30.8 Å². The first-order valence-electron chi connectivity index (χ1n) is 6.19. The predicted octanol–water partition coefficient (Wildman–Crippen LogP) is 1.74. The molecule has 3 unspecified atom stereocenters. The van der Waals surface area contributed by atoms with E-state index >= 15 is 0 Å². The highest BCUT2D eigenvalue weighted by Gasteiger charge is 2.42. The standard InChI is InChI=1S/C11H17F3N2OS/c12-11(13,14)18-5-4-15-10(17)9-8-3-1-2-7(8)6-16-9/h7-9,16H,1-6H2,(H,15,17). The summed E-state index contributed by atoms with van der Waals surface area (Å²) in [5.41, 5.74) is -4.22. The molecule has 18 heavy (non-hydrogen) atoms. The zero-order valence-corrected chi connectivity index (χ0v) is 10.7. The molecule has 0 bridgehead atoms. The predicted molar refractivity (Wildman–Crippen MR) is 64.1 cm³/mol. The lowest BCUT2D eigenvalue weighted by Gasteiger charge is -2.17. The molecule has 0 spiro atoms. The quantitative estimate of drug-likeness (QED) is 0.772. The van der Waals surface area contributed by atoms with Crippen LogP contribution in [0.15, 0.2) is 0 Å². The minimum atomic E-state index is -4.22. The molecule has 0 aromatic rings. The van der Waals surface area contributed by atoms with Crippen molar-refractivity contribution in [2.24, 2.45) is 11.8 Å². The van der Waals surface area contributed by atoms with Gasteiger partial charge in [0, 0.05) is 12.3 Å². The van der Waals surface area contributed by atoms with Gasteiger partial charge in [-0.2, -0.15) is 13.2 Å². The fraction of sp³-hybridized carbons (Fsp3) is 0.909. The van der Waals surface area contributed by atoms with E-state index in [2.05, 4.69) is 10.6 Å². The highest BCUT2D eigenvalue weighted by molar-refractivity contribution is 8.00. The second kappa shape index (κ2) is 5.69. The van der Waals surface area contributed by atoms with Crippen molar-refractivity contribution in [1.82, 2.24) is 10.6 Å². The van der Waals surface area contributed by atoms with Gasteiger partial charge in [-0.1, -0.05) is 6.42 Å². The number of halogens is 3. The van der Waals surface area contributed by atoms with Crippen LogP contribution in [0.4, 0.5) is 13.2 Å². The molecule has 1 heterocycles. The molecule has 1 saturated heterocycles. The van der Waals surface area contributed by atoms with E-state index in [4.69, 9.17) is 0 Å². The maximum Gasteiger partial charge on any atom is 0.441 e. The third-order valence-electron chi connectivity index (χ3n) is 3.70. The van der Waals surface area contributed by atoms with Crippen LogP contribution in [0.2, 0.25) is 0 Å². The van der Waals surface area contributed by atoms with Crippen molar-refractivity contribution in [3.8, 4) is 0 Å². The smallest absolute Gasteiger partial charge is 0.354 e. The molecule has 0 radical (unpaired) electrons. The first-order valence-corrected chi connectivity index (χ1v) is 7.18. The van der Waals surface area contributed by atoms with Gasteiger partial charge in [0.1, 0.15) is 0 Å². The molecule has 1 aliphatic heterocycles. The first-order chi connectivity index (χ1) is 8.47. The Morgan fingerprint density at radius 1 is 1.39 bits per heavy atom. The van der Waals surface area contributed by atoms with E-state index in [0.717, 1.165) is 25.8 Å². The van der Waals surface area contributed by atoms with Crippen LogP contribution in [-0.4, -0.2) is 36.3 Å². The van der Waals surface area contributed by atoms with Crippen LogP contribution >= 0.6 is 11.8 Å². The Morgan fingerprint density at radius 3 is 2.89 bits per heavy atom. The zero-order valence-electron chi connectivity index (χ0n) is 9.93. The SMILES string of the molecule is O=C(NCCSC(F)(F)F)C1NCC2CCCC21. The lowest BCUT2D eigenvalue weighted by molar-refractivity contribution is -0.123. The van der Waals surface area contributed by atoms with E-state index < -0.39 is 5.51 Å². The van der Waals surface area contributed by atoms with Crippen LogP contribution in [0.3, 0.4) is 0 Å². The number of alkyl halides is 3. The molecule has 104 valence electrons. The number of rotatable bonds is 4. The van der Waals surface area contributed by atoms with Gasteiger partial charge in [0.05, 0.1) is 6.04 Å². The molecular weight excluding hydrogens is 265 g/mol. The van der Waals surface area contributed by atoms with Gasteiger partial charge in [-0.15, -0.1) is 0 Å². The van der Waals surface area contributed by atoms with Crippen LogP contribution < -0.4 is 10.6 Å². The molecule has 2 rings (SSSR count). The van der Waals surface area contributed by atoms with Gasteiger partial charge >= 0.3 is 5.51 Å². The van der Waals surface area contributed by atoms with E-state index in [-0.39, 0.29) is 36.0 Å². The number of nitrogens with one attached hydrogen (secondary N) is 2. The van der Waals surface area contributed by atoms with Crippen molar-refractivity contribution in [2.75, 3.05) is 18.8 Å². The molecule has 2 aliphatic rings. The Hall–Kier alpha value is -0.430. The fourth-order valence-corrected chi connectivity index (χ4v) is 3.36. The van der Waals surface area contributed by atoms with Crippen molar-refractivity contribution in [3.05, 3.63) is 0 Å². The van der Waals surface area contributed by atoms with Gasteiger partial charge in [0.15, 0.2) is 0 Å². The van der Waals surface area contributed by atoms with Gasteiger partial charge in [-0.3, -0.25) is 4.79 Å². The summed E-state index contributed by atoms with van der Waals surface area (Å²) in [6.07, 6.45) is 3.36. The number of hydrogen-bond acceptors (Lipinski definition) is 3. The van der Waals surface area contributed by atoms with Crippen LogP contribution in [0.1, 0.15) is 19.3 Å². The van der Waals surface area contributed by atoms with Gasteiger partial charge in [-0.05, 0) is 43.0 Å². The third-order valence-corrected chi connectivity index (χ3v) is 4.43. The number of fused-ring (bicyclic) bond motifs is 1. The Kier molecular flexibility index (Phi) is 4.42. The summed E-state index contributed by atoms with van der Waals surface area (Å²) >= 11 is -0.0976. The van der Waals surface area contributed by atoms with Crippen molar-refractivity contribution in [3.63, 3.8) is 0 Å². The van der Waals surface area contributed by atoms with Crippen molar-refractivity contribution < 1.29 is 18.0 Å². The number of amides is 1. The summed E-state index contributed by atoms with van der Waals surface area (Å²) in [4.78, 5) is 11.8. The molecule has 2 N–H and O–H groups in total. The Morgan fingerprint density at radius 2 is 2.17 bits per heavy atom. The minimum Gasteiger partial charge on any atom is -0.354 e. The van der Waals surface area contributed by atoms with Gasteiger partial charge < -0.3 is 10.6 Å². The molecule has 1 saturated carbocycles. The monoisotopic (exact) mass is 282 g/mol. The van der Waals surface area contributed by atoms with E-state index in [1.807, 2.05) is 0 Å². The maximum absolute atomic E-state index is 11.9. The van der Waals surface area contributed by atoms with Gasteiger partial charge in [0.25, 0.3) is 0 Å². The molecule has 0 aromatic carbocycles. The summed E-state index contributed by atoms with van der Waals surface area (Å²) in [5.74, 6) is 0.675. The van der Waals surface area contributed by atoms with Crippen molar-refractivity contribution in [1.29, 1.82) is 0 Å². The largest absolute Gasteiger partial charge is 0.441 e. The lowest BCUT2D eigenvalue weighted by atomic mass is 9.94. The second-order valence-electron chi connectivity index (χ2n) is 4.83. The summed E-state index contributed by atoms with van der Waals surface area (Å²) in [7, 11) is 0. The Bertz CT molecular complexity index is 311. The highest BCUT2D eigenvalue weighted by atomic mass is 32.2. The number of thioether (sulfide) groups is 1. The number of carbonyl (C=O) groups is 1. The highest BCUT2D eigenvalue weighted by Crippen LogP contribution is 2.37. The average Bonchev–Trinajstić information content (AvgIpc) is 2.83. The third kappa shape index (κ3) is 3.54. The number of hydrogen-bond donors (Lipinski definition) is 2. The molecule has 1 amide bonds. The Labute approximate surface area is 108 Å². The molecule has 0 aromatic heterocycles. The molecular formula is C11H17F3N2OS. The summed E-state index contributed by atoms with van der Waals surface area (Å²) in [6.45, 7) is 0.929.